The normalized spacial score (nSPS) is 17.8. The Labute approximate surface area is 109 Å². The maximum atomic E-state index is 10.2. The zero-order chi connectivity index (χ0) is 13.0. The summed E-state index contributed by atoms with van der Waals surface area (Å²) in [5, 5.41) is 13.2. The molecule has 18 heavy (non-hydrogen) atoms. The van der Waals surface area contributed by atoms with Gasteiger partial charge in [0.1, 0.15) is 0 Å². The van der Waals surface area contributed by atoms with Crippen LogP contribution in [0.5, 0.6) is 0 Å². The van der Waals surface area contributed by atoms with Gasteiger partial charge in [-0.3, -0.25) is 0 Å². The lowest BCUT2D eigenvalue weighted by atomic mass is 10.0. The second-order valence-electron chi connectivity index (χ2n) is 4.74. The third-order valence-corrected chi connectivity index (χ3v) is 3.29. The van der Waals surface area contributed by atoms with Crippen molar-refractivity contribution < 1.29 is 9.84 Å². The second-order valence-corrected chi connectivity index (χ2v) is 4.74. The van der Waals surface area contributed by atoms with Crippen LogP contribution in [0, 0.1) is 6.92 Å². The van der Waals surface area contributed by atoms with Crippen molar-refractivity contribution in [2.24, 2.45) is 0 Å². The fraction of sp³-hybridized carbons (Fsp3) is 0.571. The lowest BCUT2D eigenvalue weighted by Gasteiger charge is -2.32. The Morgan fingerprint density at radius 2 is 2.11 bits per heavy atom. The van der Waals surface area contributed by atoms with Crippen LogP contribution in [0.1, 0.15) is 17.2 Å². The number of aliphatic hydroxyl groups excluding tert-OH is 1. The number of hydrogen-bond donors (Lipinski definition) is 2. The third-order valence-electron chi connectivity index (χ3n) is 3.29. The van der Waals surface area contributed by atoms with Gasteiger partial charge in [-0.1, -0.05) is 12.1 Å². The minimum atomic E-state index is -0.464. The summed E-state index contributed by atoms with van der Waals surface area (Å²) in [5.41, 5.74) is 3.36. The third kappa shape index (κ3) is 3.02. The van der Waals surface area contributed by atoms with Gasteiger partial charge in [0.25, 0.3) is 0 Å². The van der Waals surface area contributed by atoms with Crippen molar-refractivity contribution in [2.45, 2.75) is 13.0 Å². The summed E-state index contributed by atoms with van der Waals surface area (Å²) in [7, 11) is 1.85. The SMILES string of the molecule is CNCC(O)c1ccc(C)cc1N1CCOCC1. The van der Waals surface area contributed by atoms with Crippen LogP contribution in [-0.4, -0.2) is 45.0 Å². The lowest BCUT2D eigenvalue weighted by molar-refractivity contribution is 0.122. The predicted molar refractivity (Wildman–Crippen MR) is 73.1 cm³/mol. The first-order chi connectivity index (χ1) is 8.72. The highest BCUT2D eigenvalue weighted by molar-refractivity contribution is 5.56. The number of likely N-dealkylation sites (N-methyl/N-ethyl adjacent to an activating group) is 1. The molecule has 1 unspecified atom stereocenters. The molecule has 1 atom stereocenters. The Bertz CT molecular complexity index is 389. The molecule has 1 aromatic carbocycles. The monoisotopic (exact) mass is 250 g/mol. The first-order valence-electron chi connectivity index (χ1n) is 6.48. The molecular formula is C14H22N2O2. The molecule has 0 aromatic heterocycles. The number of aliphatic hydroxyl groups is 1. The summed E-state index contributed by atoms with van der Waals surface area (Å²) in [5.74, 6) is 0. The highest BCUT2D eigenvalue weighted by atomic mass is 16.5. The van der Waals surface area contributed by atoms with Crippen LogP contribution in [0.25, 0.3) is 0 Å². The summed E-state index contributed by atoms with van der Waals surface area (Å²) < 4.78 is 5.38. The molecule has 100 valence electrons. The molecule has 0 bridgehead atoms. The van der Waals surface area contributed by atoms with E-state index < -0.39 is 6.10 Å². The second kappa shape index (κ2) is 6.18. The summed E-state index contributed by atoms with van der Waals surface area (Å²) in [6, 6.07) is 6.24. The number of aryl methyl sites for hydroxylation is 1. The molecule has 2 rings (SSSR count). The van der Waals surface area contributed by atoms with Crippen LogP contribution in [-0.2, 0) is 4.74 Å². The highest BCUT2D eigenvalue weighted by Gasteiger charge is 2.18. The first kappa shape index (κ1) is 13.3. The van der Waals surface area contributed by atoms with Gasteiger partial charge in [0.15, 0.2) is 0 Å². The number of ether oxygens (including phenoxy) is 1. The van der Waals surface area contributed by atoms with Gasteiger partial charge in [0.2, 0.25) is 0 Å². The largest absolute Gasteiger partial charge is 0.387 e. The van der Waals surface area contributed by atoms with Crippen LogP contribution < -0.4 is 10.2 Å². The standard InChI is InChI=1S/C14H22N2O2/c1-11-3-4-12(14(17)10-15-2)13(9-11)16-5-7-18-8-6-16/h3-4,9,14-15,17H,5-8,10H2,1-2H3. The van der Waals surface area contributed by atoms with E-state index in [1.165, 1.54) is 5.56 Å². The summed E-state index contributed by atoms with van der Waals surface area (Å²) in [4.78, 5) is 2.30. The maximum Gasteiger partial charge on any atom is 0.0934 e. The molecule has 1 saturated heterocycles. The number of nitrogens with one attached hydrogen (secondary N) is 1. The molecule has 0 radical (unpaired) electrons. The minimum absolute atomic E-state index is 0.464. The Balaban J connectivity index is 2.27. The van der Waals surface area contributed by atoms with E-state index >= 15 is 0 Å². The molecule has 0 spiro atoms. The van der Waals surface area contributed by atoms with Crippen LogP contribution >= 0.6 is 0 Å². The van der Waals surface area contributed by atoms with Gasteiger partial charge in [0, 0.05) is 30.9 Å². The number of anilines is 1. The van der Waals surface area contributed by atoms with E-state index in [1.54, 1.807) is 0 Å². The molecule has 1 heterocycles. The van der Waals surface area contributed by atoms with Gasteiger partial charge < -0.3 is 20.1 Å². The maximum absolute atomic E-state index is 10.2. The highest BCUT2D eigenvalue weighted by Crippen LogP contribution is 2.28. The molecule has 0 aliphatic carbocycles. The van der Waals surface area contributed by atoms with Gasteiger partial charge in [0.05, 0.1) is 19.3 Å². The summed E-state index contributed by atoms with van der Waals surface area (Å²) in [6.07, 6.45) is -0.464. The van der Waals surface area contributed by atoms with Crippen molar-refractivity contribution in [3.8, 4) is 0 Å². The average molecular weight is 250 g/mol. The predicted octanol–water partition coefficient (Wildman–Crippen LogP) is 1.08. The van der Waals surface area contributed by atoms with Gasteiger partial charge >= 0.3 is 0 Å². The number of benzene rings is 1. The zero-order valence-corrected chi connectivity index (χ0v) is 11.1. The first-order valence-corrected chi connectivity index (χ1v) is 6.48. The molecule has 1 aliphatic rings. The molecular weight excluding hydrogens is 228 g/mol. The smallest absolute Gasteiger partial charge is 0.0934 e. The molecule has 4 heteroatoms. The van der Waals surface area contributed by atoms with Gasteiger partial charge in [-0.05, 0) is 25.6 Å². The Morgan fingerprint density at radius 3 is 2.78 bits per heavy atom. The van der Waals surface area contributed by atoms with E-state index in [1.807, 2.05) is 13.1 Å². The van der Waals surface area contributed by atoms with Gasteiger partial charge in [-0.25, -0.2) is 0 Å². The van der Waals surface area contributed by atoms with Crippen molar-refractivity contribution in [1.29, 1.82) is 0 Å². The van der Waals surface area contributed by atoms with Crippen LogP contribution in [0.3, 0.4) is 0 Å². The number of rotatable bonds is 4. The molecule has 1 fully saturated rings. The Kier molecular flexibility index (Phi) is 4.58. The van der Waals surface area contributed by atoms with Crippen molar-refractivity contribution in [3.63, 3.8) is 0 Å². The van der Waals surface area contributed by atoms with Gasteiger partial charge in [-0.15, -0.1) is 0 Å². The topological polar surface area (TPSA) is 44.7 Å². The fourth-order valence-corrected chi connectivity index (χ4v) is 2.32. The van der Waals surface area contributed by atoms with E-state index in [-0.39, 0.29) is 0 Å². The van der Waals surface area contributed by atoms with E-state index in [9.17, 15) is 5.11 Å². The molecule has 2 N–H and O–H groups in total. The number of morpholine rings is 1. The quantitative estimate of drug-likeness (QED) is 0.839. The number of nitrogens with zero attached hydrogens (tertiary/aromatic N) is 1. The summed E-state index contributed by atoms with van der Waals surface area (Å²) >= 11 is 0. The van der Waals surface area contributed by atoms with Crippen molar-refractivity contribution in [1.82, 2.24) is 5.32 Å². The van der Waals surface area contributed by atoms with Crippen molar-refractivity contribution in [2.75, 3.05) is 44.8 Å². The molecule has 1 aliphatic heterocycles. The van der Waals surface area contributed by atoms with E-state index in [0.29, 0.717) is 6.54 Å². The molecule has 1 aromatic rings. The lowest BCUT2D eigenvalue weighted by Crippen LogP contribution is -2.37. The van der Waals surface area contributed by atoms with E-state index in [0.717, 1.165) is 37.6 Å². The van der Waals surface area contributed by atoms with E-state index in [2.05, 4.69) is 29.3 Å². The number of hydrogen-bond acceptors (Lipinski definition) is 4. The van der Waals surface area contributed by atoms with Crippen molar-refractivity contribution >= 4 is 5.69 Å². The zero-order valence-electron chi connectivity index (χ0n) is 11.1. The summed E-state index contributed by atoms with van der Waals surface area (Å²) in [6.45, 7) is 5.95. The molecule has 4 nitrogen and oxygen atoms in total. The van der Waals surface area contributed by atoms with Crippen LogP contribution in [0.4, 0.5) is 5.69 Å². The Morgan fingerprint density at radius 1 is 1.39 bits per heavy atom. The minimum Gasteiger partial charge on any atom is -0.387 e. The van der Waals surface area contributed by atoms with Gasteiger partial charge in [-0.2, -0.15) is 0 Å². The van der Waals surface area contributed by atoms with Crippen LogP contribution in [0.15, 0.2) is 18.2 Å². The van der Waals surface area contributed by atoms with Crippen LogP contribution in [0.2, 0.25) is 0 Å². The fourth-order valence-electron chi connectivity index (χ4n) is 2.32. The van der Waals surface area contributed by atoms with E-state index in [4.69, 9.17) is 4.74 Å². The van der Waals surface area contributed by atoms with Crippen molar-refractivity contribution in [3.05, 3.63) is 29.3 Å². The Hall–Kier alpha value is -1.10. The molecule has 0 saturated carbocycles. The average Bonchev–Trinajstić information content (AvgIpc) is 2.40. The molecule has 0 amide bonds.